The van der Waals surface area contributed by atoms with Crippen molar-refractivity contribution in [2.75, 3.05) is 39.4 Å². The molecule has 4 aliphatic rings. The van der Waals surface area contributed by atoms with Crippen molar-refractivity contribution in [3.8, 4) is 12.1 Å². The number of hydrogen-bond donors (Lipinski definition) is 1. The van der Waals surface area contributed by atoms with E-state index in [9.17, 15) is 77.6 Å². The third kappa shape index (κ3) is 14.1. The Morgan fingerprint density at radius 2 is 0.988 bits per heavy atom. The van der Waals surface area contributed by atoms with Crippen molar-refractivity contribution < 1.29 is 81.3 Å². The molecule has 1 N–H and O–H groups in total. The number of carbonyl (C=O) groups excluding carboxylic acids is 3. The van der Waals surface area contributed by atoms with E-state index in [1.807, 2.05) is 18.2 Å². The Bertz CT molecular complexity index is 3220. The van der Waals surface area contributed by atoms with Crippen LogP contribution < -0.4 is 5.32 Å². The number of benzene rings is 5. The first kappa shape index (κ1) is 64.3. The Morgan fingerprint density at radius 1 is 0.570 bits per heavy atom. The van der Waals surface area contributed by atoms with Gasteiger partial charge in [0.25, 0.3) is 0 Å². The van der Waals surface area contributed by atoms with Crippen molar-refractivity contribution in [1.29, 1.82) is 10.5 Å². The predicted octanol–water partition coefficient (Wildman–Crippen LogP) is 14.0. The average Bonchev–Trinajstić information content (AvgIpc) is 1.05. The molecule has 0 aliphatic carbocycles. The first-order valence-corrected chi connectivity index (χ1v) is 27.6. The zero-order chi connectivity index (χ0) is 62.5. The fourth-order valence-electron chi connectivity index (χ4n) is 11.6. The lowest BCUT2D eigenvalue weighted by Gasteiger charge is -2.53. The Morgan fingerprint density at radius 3 is 1.40 bits per heavy atom. The van der Waals surface area contributed by atoms with Crippen LogP contribution in [0.2, 0.25) is 0 Å². The molecule has 0 aromatic heterocycles. The second-order valence-electron chi connectivity index (χ2n) is 22.0. The molecule has 6 atom stereocenters. The van der Waals surface area contributed by atoms with Crippen molar-refractivity contribution >= 4 is 17.9 Å². The van der Waals surface area contributed by atoms with E-state index in [-0.39, 0.29) is 87.2 Å². The van der Waals surface area contributed by atoms with Gasteiger partial charge in [-0.3, -0.25) is 14.5 Å². The van der Waals surface area contributed by atoms with E-state index in [1.54, 1.807) is 77.7 Å². The number of alkyl halides is 12. The van der Waals surface area contributed by atoms with Crippen LogP contribution in [0.5, 0.6) is 0 Å². The van der Waals surface area contributed by atoms with Gasteiger partial charge >= 0.3 is 30.8 Å². The standard InChI is InChI=1S/C35H33F6N3O4.C27H27F6N3O2/c1-24(26-17-28(34(36,37)38)19-29(18-26)35(39,40)41)48-23-33(27-11-6-3-7-12-27)15-14-32(21-42,43-16-8-13-30(43)45)22-44(33)31(46)47-20-25-9-4-2-5-10-25;1-18(19-12-21(26(28,29)30)14-22(13-19)27(31,32)33)38-17-25(20-6-3-2-4-7-20)10-9-24(15-34,16-35-25)36-11-5-8-23(36)37/h2-7,9-12,17-19,24H,8,13-16,20,22-23H2,1H3;2-4,6-7,12-14,18,35H,5,8-11,16-17H2,1H3/t24-,32+,33-;18-,24+,25-/m11/s1. The highest BCUT2D eigenvalue weighted by Gasteiger charge is 2.56. The number of carbonyl (C=O) groups is 3. The van der Waals surface area contributed by atoms with E-state index in [4.69, 9.17) is 14.2 Å². The lowest BCUT2D eigenvalue weighted by Crippen LogP contribution is -2.66. The fraction of sp³-hybridized carbons (Fsp3) is 0.435. The first-order valence-electron chi connectivity index (χ1n) is 27.6. The van der Waals surface area contributed by atoms with E-state index >= 15 is 0 Å². The van der Waals surface area contributed by atoms with E-state index in [1.165, 1.54) is 23.6 Å². The van der Waals surface area contributed by atoms with Crippen molar-refractivity contribution in [1.82, 2.24) is 20.0 Å². The second-order valence-corrected chi connectivity index (χ2v) is 22.0. The Labute approximate surface area is 488 Å². The Balaban J connectivity index is 0.000000230. The summed E-state index contributed by atoms with van der Waals surface area (Å²) in [5, 5.41) is 23.9. The molecule has 5 aromatic rings. The molecule has 458 valence electrons. The molecule has 0 saturated carbocycles. The summed E-state index contributed by atoms with van der Waals surface area (Å²) in [6, 6.07) is 33.8. The topological polar surface area (TPSA) is 148 Å². The molecule has 9 rings (SSSR count). The molecule has 3 amide bonds. The predicted molar refractivity (Wildman–Crippen MR) is 286 cm³/mol. The molecule has 0 bridgehead atoms. The molecular formula is C62H60F12N6O6. The highest BCUT2D eigenvalue weighted by molar-refractivity contribution is 5.80. The summed E-state index contributed by atoms with van der Waals surface area (Å²) >= 11 is 0. The summed E-state index contributed by atoms with van der Waals surface area (Å²) in [5.41, 5.74) is -9.01. The van der Waals surface area contributed by atoms with Gasteiger partial charge in [-0.25, -0.2) is 4.79 Å². The van der Waals surface area contributed by atoms with Crippen LogP contribution in [0.15, 0.2) is 127 Å². The monoisotopic (exact) mass is 1210 g/mol. The molecule has 24 heteroatoms. The number of nitrogens with one attached hydrogen (secondary N) is 1. The number of nitrogens with zero attached hydrogens (tertiary/aromatic N) is 5. The molecule has 0 radical (unpaired) electrons. The maximum atomic E-state index is 14.1. The number of likely N-dealkylation sites (tertiary alicyclic amines) is 3. The summed E-state index contributed by atoms with van der Waals surface area (Å²) in [6.45, 7) is 2.85. The van der Waals surface area contributed by atoms with Gasteiger partial charge in [-0.15, -0.1) is 0 Å². The van der Waals surface area contributed by atoms with Crippen molar-refractivity contribution in [3.05, 3.63) is 177 Å². The summed E-state index contributed by atoms with van der Waals surface area (Å²) < 4.78 is 180. The maximum absolute atomic E-state index is 14.1. The quantitative estimate of drug-likeness (QED) is 0.107. The van der Waals surface area contributed by atoms with Crippen LogP contribution in [0.1, 0.15) is 127 Å². The normalized spacial score (nSPS) is 23.7. The first-order chi connectivity index (χ1) is 40.5. The minimum Gasteiger partial charge on any atom is -0.445 e. The van der Waals surface area contributed by atoms with E-state index < -0.39 is 87.4 Å². The number of halogens is 12. The molecule has 4 heterocycles. The molecule has 4 aliphatic heterocycles. The number of ether oxygens (including phenoxy) is 3. The van der Waals surface area contributed by atoms with Crippen LogP contribution in [-0.2, 0) is 66.2 Å². The van der Waals surface area contributed by atoms with Gasteiger partial charge in [0.15, 0.2) is 0 Å². The molecule has 86 heavy (non-hydrogen) atoms. The SMILES string of the molecule is C[C@@H](OC[C@@]1(c2ccccc2)CC[C@@](C#N)(N2CCCC2=O)CN1)c1cc(C(F)(F)F)cc(C(F)(F)F)c1.C[C@@H](OC[C@@]1(c2ccccc2)CC[C@@](C#N)(N2CCCC2=O)CN1C(=O)OCc1ccccc1)c1cc(C(F)(F)F)cc(C(F)(F)F)c1. The maximum Gasteiger partial charge on any atom is 0.416 e. The van der Waals surface area contributed by atoms with E-state index in [2.05, 4.69) is 17.5 Å². The van der Waals surface area contributed by atoms with Crippen LogP contribution >= 0.6 is 0 Å². The van der Waals surface area contributed by atoms with Crippen molar-refractivity contribution in [3.63, 3.8) is 0 Å². The van der Waals surface area contributed by atoms with Crippen LogP contribution in [0.25, 0.3) is 0 Å². The molecule has 12 nitrogen and oxygen atoms in total. The number of piperidine rings is 2. The van der Waals surface area contributed by atoms with Gasteiger partial charge in [0.05, 0.1) is 77.4 Å². The molecule has 0 spiro atoms. The minimum atomic E-state index is -5.04. The van der Waals surface area contributed by atoms with E-state index in [0.717, 1.165) is 5.56 Å². The van der Waals surface area contributed by atoms with Crippen molar-refractivity contribution in [2.24, 2.45) is 0 Å². The number of amides is 3. The second kappa shape index (κ2) is 25.3. The zero-order valence-electron chi connectivity index (χ0n) is 46.6. The molecule has 5 aromatic carbocycles. The summed E-state index contributed by atoms with van der Waals surface area (Å²) in [5.74, 6) is -0.313. The van der Waals surface area contributed by atoms with Gasteiger partial charge < -0.3 is 29.3 Å². The number of nitriles is 2. The highest BCUT2D eigenvalue weighted by Crippen LogP contribution is 2.47. The van der Waals surface area contributed by atoms with Gasteiger partial charge in [0.2, 0.25) is 11.8 Å². The van der Waals surface area contributed by atoms with Gasteiger partial charge in [-0.1, -0.05) is 91.0 Å². The molecular weight excluding hydrogens is 1150 g/mol. The van der Waals surface area contributed by atoms with Gasteiger partial charge in [-0.2, -0.15) is 63.2 Å². The minimum absolute atomic E-state index is 0.0500. The average molecular weight is 1210 g/mol. The van der Waals surface area contributed by atoms with Gasteiger partial charge in [0, 0.05) is 32.5 Å². The smallest absolute Gasteiger partial charge is 0.416 e. The van der Waals surface area contributed by atoms with Gasteiger partial charge in [0.1, 0.15) is 17.7 Å². The van der Waals surface area contributed by atoms with Gasteiger partial charge in [-0.05, 0) is 117 Å². The lowest BCUT2D eigenvalue weighted by atomic mass is 9.74. The largest absolute Gasteiger partial charge is 0.445 e. The molecule has 4 fully saturated rings. The van der Waals surface area contributed by atoms with Crippen LogP contribution in [-0.4, -0.2) is 83.1 Å². The zero-order valence-corrected chi connectivity index (χ0v) is 46.6. The van der Waals surface area contributed by atoms with Crippen LogP contribution in [0.3, 0.4) is 0 Å². The summed E-state index contributed by atoms with van der Waals surface area (Å²) in [4.78, 5) is 43.7. The van der Waals surface area contributed by atoms with Crippen LogP contribution in [0.4, 0.5) is 57.5 Å². The third-order valence-electron chi connectivity index (χ3n) is 16.5. The summed E-state index contributed by atoms with van der Waals surface area (Å²) in [6.07, 6.45) is -20.5. The fourth-order valence-corrected chi connectivity index (χ4v) is 11.6. The van der Waals surface area contributed by atoms with Crippen LogP contribution in [0, 0.1) is 22.7 Å². The lowest BCUT2D eigenvalue weighted by molar-refractivity contribution is -0.145. The third-order valence-corrected chi connectivity index (χ3v) is 16.5. The number of hydrogen-bond acceptors (Lipinski definition) is 9. The molecule has 0 unspecified atom stereocenters. The number of rotatable bonds is 14. The Hall–Kier alpha value is -7.67. The Kier molecular flexibility index (Phi) is 19.0. The van der Waals surface area contributed by atoms with E-state index in [0.29, 0.717) is 80.6 Å². The highest BCUT2D eigenvalue weighted by atomic mass is 19.4. The molecule has 4 saturated heterocycles. The van der Waals surface area contributed by atoms with Crippen molar-refractivity contribution in [2.45, 2.75) is 131 Å². The summed E-state index contributed by atoms with van der Waals surface area (Å²) in [7, 11) is 0.